The molecule has 0 spiro atoms. The van der Waals surface area contributed by atoms with Crippen LogP contribution in [0, 0.1) is 6.92 Å². The number of alkyl halides is 3. The molecule has 0 radical (unpaired) electrons. The fraction of sp³-hybridized carbons (Fsp3) is 0.321. The smallest absolute Gasteiger partial charge is 0.398 e. The number of halogens is 3. The van der Waals surface area contributed by atoms with Crippen LogP contribution >= 0.6 is 11.3 Å². The van der Waals surface area contributed by atoms with Crippen LogP contribution in [-0.4, -0.2) is 41.3 Å². The molecule has 13 heteroatoms. The molecule has 2 amide bonds. The summed E-state index contributed by atoms with van der Waals surface area (Å²) in [6.07, 6.45) is -1.35. The molecule has 0 bridgehead atoms. The molecule has 0 unspecified atom stereocenters. The van der Waals surface area contributed by atoms with Gasteiger partial charge in [-0.25, -0.2) is 10.8 Å². The first-order chi connectivity index (χ1) is 19.1. The Morgan fingerprint density at radius 2 is 1.85 bits per heavy atom. The first-order valence-electron chi connectivity index (χ1n) is 12.7. The monoisotopic (exact) mass is 589 g/mol. The van der Waals surface area contributed by atoms with Crippen LogP contribution in [0.5, 0.6) is 0 Å². The molecular weight excluding hydrogens is 555 g/mol. The average Bonchev–Trinajstić information content (AvgIpc) is 3.34. The van der Waals surface area contributed by atoms with Gasteiger partial charge in [0.1, 0.15) is 0 Å². The summed E-state index contributed by atoms with van der Waals surface area (Å²) in [7, 11) is 1.82. The highest BCUT2D eigenvalue weighted by molar-refractivity contribution is 7.16. The zero-order valence-electron chi connectivity index (χ0n) is 23.5. The molecule has 1 heterocycles. The van der Waals surface area contributed by atoms with E-state index in [1.807, 2.05) is 32.7 Å². The van der Waals surface area contributed by atoms with Crippen molar-refractivity contribution in [3.05, 3.63) is 75.8 Å². The van der Waals surface area contributed by atoms with Crippen LogP contribution in [0.15, 0.2) is 48.7 Å². The third-order valence-electron chi connectivity index (χ3n) is 6.25. The van der Waals surface area contributed by atoms with Crippen molar-refractivity contribution in [3.63, 3.8) is 0 Å². The van der Waals surface area contributed by atoms with E-state index in [0.717, 1.165) is 17.7 Å². The number of thiazole rings is 1. The summed E-state index contributed by atoms with van der Waals surface area (Å²) >= 11 is 1.21. The Morgan fingerprint density at radius 3 is 2.49 bits per heavy atom. The number of aromatic nitrogens is 1. The summed E-state index contributed by atoms with van der Waals surface area (Å²) in [4.78, 5) is 31.0. The predicted octanol–water partition coefficient (Wildman–Crippen LogP) is 5.20. The number of hydrogen-bond donors (Lipinski definition) is 4. The van der Waals surface area contributed by atoms with Crippen molar-refractivity contribution in [3.8, 4) is 0 Å². The Bertz CT molecular complexity index is 1440. The average molecular weight is 590 g/mol. The van der Waals surface area contributed by atoms with E-state index in [4.69, 9.17) is 11.6 Å². The SMILES string of the molecule is CC(=O)Nc1ncc(/C(N)=C/CN(N)c2cc(C(=O)Nc3cc(CN(C)C(C)C)cc(C(F)(F)F)c3)ccc2C)s1. The molecule has 0 aliphatic carbocycles. The number of aryl methyl sites for hydroxylation is 1. The minimum absolute atomic E-state index is 0.0441. The molecular formula is C28H34F3N7O2S. The van der Waals surface area contributed by atoms with Crippen LogP contribution in [0.2, 0.25) is 0 Å². The molecule has 0 fully saturated rings. The molecule has 9 nitrogen and oxygen atoms in total. The number of carbonyl (C=O) groups is 2. The lowest BCUT2D eigenvalue weighted by molar-refractivity contribution is -0.137. The molecule has 3 rings (SSSR count). The normalized spacial score (nSPS) is 12.1. The van der Waals surface area contributed by atoms with Crippen molar-refractivity contribution in [2.24, 2.45) is 11.6 Å². The number of benzene rings is 2. The van der Waals surface area contributed by atoms with E-state index >= 15 is 0 Å². The molecule has 0 aliphatic heterocycles. The topological polar surface area (TPSA) is 130 Å². The van der Waals surface area contributed by atoms with E-state index in [2.05, 4.69) is 15.6 Å². The van der Waals surface area contributed by atoms with Crippen molar-refractivity contribution in [1.29, 1.82) is 0 Å². The van der Waals surface area contributed by atoms with Crippen LogP contribution in [0.4, 0.5) is 29.7 Å². The summed E-state index contributed by atoms with van der Waals surface area (Å²) in [6, 6.07) is 8.53. The van der Waals surface area contributed by atoms with Gasteiger partial charge in [-0.2, -0.15) is 13.2 Å². The first-order valence-corrected chi connectivity index (χ1v) is 13.5. The highest BCUT2D eigenvalue weighted by Gasteiger charge is 2.31. The van der Waals surface area contributed by atoms with Gasteiger partial charge in [-0.15, -0.1) is 0 Å². The summed E-state index contributed by atoms with van der Waals surface area (Å²) in [5.41, 5.74) is 7.73. The van der Waals surface area contributed by atoms with Crippen LogP contribution in [0.3, 0.4) is 0 Å². The van der Waals surface area contributed by atoms with E-state index < -0.39 is 17.6 Å². The molecule has 6 N–H and O–H groups in total. The quantitative estimate of drug-likeness (QED) is 0.189. The third kappa shape index (κ3) is 8.77. The molecule has 2 aromatic carbocycles. The van der Waals surface area contributed by atoms with Gasteiger partial charge in [0.2, 0.25) is 5.91 Å². The summed E-state index contributed by atoms with van der Waals surface area (Å²) in [6.45, 7) is 7.56. The van der Waals surface area contributed by atoms with Gasteiger partial charge in [0.15, 0.2) is 5.13 Å². The van der Waals surface area contributed by atoms with Gasteiger partial charge < -0.3 is 21.4 Å². The number of carbonyl (C=O) groups excluding carboxylic acids is 2. The molecule has 1 aromatic heterocycles. The maximum Gasteiger partial charge on any atom is 0.416 e. The number of hydrazine groups is 1. The van der Waals surface area contributed by atoms with E-state index in [-0.39, 0.29) is 36.3 Å². The molecule has 41 heavy (non-hydrogen) atoms. The zero-order valence-corrected chi connectivity index (χ0v) is 24.3. The number of nitrogens with zero attached hydrogens (tertiary/aromatic N) is 3. The fourth-order valence-electron chi connectivity index (χ4n) is 3.76. The minimum atomic E-state index is -4.57. The number of anilines is 3. The van der Waals surface area contributed by atoms with Crippen LogP contribution < -0.4 is 27.2 Å². The number of amides is 2. The van der Waals surface area contributed by atoms with Gasteiger partial charge in [0, 0.05) is 42.7 Å². The van der Waals surface area contributed by atoms with Crippen LogP contribution in [0.25, 0.3) is 5.70 Å². The second kappa shape index (κ2) is 13.1. The van der Waals surface area contributed by atoms with Crippen molar-refractivity contribution < 1.29 is 22.8 Å². The van der Waals surface area contributed by atoms with Gasteiger partial charge in [0.05, 0.1) is 22.7 Å². The van der Waals surface area contributed by atoms with Gasteiger partial charge in [-0.1, -0.05) is 17.4 Å². The molecule has 220 valence electrons. The standard InChI is InChI=1S/C28H34F3N7O2S/c1-16(2)37(5)15-19-10-21(28(29,30)31)13-22(11-19)36-26(40)20-7-6-17(3)24(12-20)38(33)9-8-23(32)25-14-34-27(41-25)35-18(4)39/h6-8,10-14,16H,9,15,32-33H2,1-5H3,(H,36,40)(H,34,35,39)/b23-8-. The van der Waals surface area contributed by atoms with Gasteiger partial charge >= 0.3 is 6.18 Å². The number of rotatable bonds is 10. The Labute approximate surface area is 241 Å². The lowest BCUT2D eigenvalue weighted by Gasteiger charge is -2.22. The molecule has 0 aliphatic rings. The number of nitrogens with one attached hydrogen (secondary N) is 2. The second-order valence-corrected chi connectivity index (χ2v) is 10.9. The third-order valence-corrected chi connectivity index (χ3v) is 7.22. The molecule has 0 atom stereocenters. The largest absolute Gasteiger partial charge is 0.416 e. The van der Waals surface area contributed by atoms with Crippen LogP contribution in [0.1, 0.15) is 52.7 Å². The summed E-state index contributed by atoms with van der Waals surface area (Å²) in [5.74, 6) is 5.46. The van der Waals surface area contributed by atoms with E-state index in [1.54, 1.807) is 36.5 Å². The summed E-state index contributed by atoms with van der Waals surface area (Å²) < 4.78 is 40.8. The maximum absolute atomic E-state index is 13.6. The van der Waals surface area contributed by atoms with Crippen molar-refractivity contribution in [2.75, 3.05) is 29.2 Å². The zero-order chi connectivity index (χ0) is 30.5. The number of nitrogens with two attached hydrogens (primary N) is 2. The van der Waals surface area contributed by atoms with Gasteiger partial charge in [-0.3, -0.25) is 14.5 Å². The summed E-state index contributed by atoms with van der Waals surface area (Å²) in [5, 5.41) is 7.02. The second-order valence-electron chi connectivity index (χ2n) is 9.90. The molecule has 0 saturated heterocycles. The van der Waals surface area contributed by atoms with E-state index in [0.29, 0.717) is 27.0 Å². The Hall–Kier alpha value is -3.94. The molecule has 3 aromatic rings. The minimum Gasteiger partial charge on any atom is -0.398 e. The number of hydrogen-bond acceptors (Lipinski definition) is 8. The first kappa shape index (κ1) is 31.6. The Balaban J connectivity index is 1.79. The van der Waals surface area contributed by atoms with Crippen molar-refractivity contribution in [2.45, 2.75) is 46.5 Å². The fourth-order valence-corrected chi connectivity index (χ4v) is 4.58. The Kier molecular flexibility index (Phi) is 10.1. The maximum atomic E-state index is 13.6. The lowest BCUT2D eigenvalue weighted by Crippen LogP contribution is -2.32. The highest BCUT2D eigenvalue weighted by atomic mass is 32.1. The lowest BCUT2D eigenvalue weighted by atomic mass is 10.1. The van der Waals surface area contributed by atoms with Gasteiger partial charge in [0.25, 0.3) is 5.91 Å². The van der Waals surface area contributed by atoms with Crippen LogP contribution in [-0.2, 0) is 17.5 Å². The van der Waals surface area contributed by atoms with Crippen molar-refractivity contribution in [1.82, 2.24) is 9.88 Å². The van der Waals surface area contributed by atoms with Gasteiger partial charge in [-0.05, 0) is 75.4 Å². The van der Waals surface area contributed by atoms with E-state index in [9.17, 15) is 22.8 Å². The molecule has 0 saturated carbocycles. The highest BCUT2D eigenvalue weighted by Crippen LogP contribution is 2.33. The Morgan fingerprint density at radius 1 is 1.15 bits per heavy atom. The predicted molar refractivity (Wildman–Crippen MR) is 157 cm³/mol. The van der Waals surface area contributed by atoms with Crippen molar-refractivity contribution >= 4 is 45.4 Å². The van der Waals surface area contributed by atoms with E-state index in [1.165, 1.54) is 23.3 Å².